The van der Waals surface area contributed by atoms with Crippen LogP contribution < -0.4 is 5.73 Å². The first-order chi connectivity index (χ1) is 5.24. The van der Waals surface area contributed by atoms with Crippen molar-refractivity contribution < 1.29 is 0 Å². The van der Waals surface area contributed by atoms with Crippen molar-refractivity contribution in [3.63, 3.8) is 0 Å². The van der Waals surface area contributed by atoms with Gasteiger partial charge in [-0.3, -0.25) is 0 Å². The standard InChI is InChI=1S/C7H9BrClNS/c8-6-4-5(2-1-3-10)11-7(6)9/h4H,1-3,10H2. The Hall–Kier alpha value is 0.430. The van der Waals surface area contributed by atoms with E-state index in [1.54, 1.807) is 11.3 Å². The number of hydrogen-bond acceptors (Lipinski definition) is 2. The Balaban J connectivity index is 2.58. The van der Waals surface area contributed by atoms with Gasteiger partial charge in [-0.05, 0) is 41.4 Å². The van der Waals surface area contributed by atoms with Crippen molar-refractivity contribution in [1.82, 2.24) is 0 Å². The number of halogens is 2. The lowest BCUT2D eigenvalue weighted by atomic mass is 10.3. The molecule has 0 fully saturated rings. The Bertz CT molecular complexity index is 217. The largest absolute Gasteiger partial charge is 0.330 e. The summed E-state index contributed by atoms with van der Waals surface area (Å²) in [6, 6.07) is 2.06. The molecule has 2 N–H and O–H groups in total. The summed E-state index contributed by atoms with van der Waals surface area (Å²) < 4.78 is 1.83. The third kappa shape index (κ3) is 2.75. The molecule has 0 aliphatic rings. The zero-order valence-electron chi connectivity index (χ0n) is 5.94. The fourth-order valence-electron chi connectivity index (χ4n) is 0.791. The molecule has 1 aromatic heterocycles. The predicted molar refractivity (Wildman–Crippen MR) is 54.4 cm³/mol. The molecule has 0 saturated heterocycles. The summed E-state index contributed by atoms with van der Waals surface area (Å²) in [5.74, 6) is 0. The third-order valence-electron chi connectivity index (χ3n) is 1.32. The molecule has 62 valence electrons. The molecular formula is C7H9BrClNS. The number of aryl methyl sites for hydroxylation is 1. The smallest absolute Gasteiger partial charge is 0.107 e. The van der Waals surface area contributed by atoms with E-state index in [-0.39, 0.29) is 0 Å². The van der Waals surface area contributed by atoms with Gasteiger partial charge in [0, 0.05) is 9.35 Å². The molecule has 0 atom stereocenters. The van der Waals surface area contributed by atoms with E-state index in [0.717, 1.165) is 28.2 Å². The highest BCUT2D eigenvalue weighted by atomic mass is 79.9. The molecule has 0 bridgehead atoms. The topological polar surface area (TPSA) is 26.0 Å². The first-order valence-electron chi connectivity index (χ1n) is 3.38. The van der Waals surface area contributed by atoms with Crippen LogP contribution in [0, 0.1) is 0 Å². The average molecular weight is 255 g/mol. The Labute approximate surface area is 83.7 Å². The highest BCUT2D eigenvalue weighted by molar-refractivity contribution is 9.10. The molecular weight excluding hydrogens is 246 g/mol. The molecule has 0 aliphatic heterocycles. The maximum Gasteiger partial charge on any atom is 0.107 e. The molecule has 1 aromatic rings. The lowest BCUT2D eigenvalue weighted by Crippen LogP contribution is -1.99. The highest BCUT2D eigenvalue weighted by Crippen LogP contribution is 2.32. The average Bonchev–Trinajstić information content (AvgIpc) is 2.28. The van der Waals surface area contributed by atoms with Crippen molar-refractivity contribution >= 4 is 38.9 Å². The zero-order chi connectivity index (χ0) is 8.27. The summed E-state index contributed by atoms with van der Waals surface area (Å²) in [5, 5.41) is 0. The van der Waals surface area contributed by atoms with Gasteiger partial charge in [0.15, 0.2) is 0 Å². The second kappa shape index (κ2) is 4.45. The number of nitrogens with two attached hydrogens (primary N) is 1. The van der Waals surface area contributed by atoms with Gasteiger partial charge >= 0.3 is 0 Å². The SMILES string of the molecule is NCCCc1cc(Br)c(Cl)s1. The van der Waals surface area contributed by atoms with E-state index in [0.29, 0.717) is 0 Å². The zero-order valence-corrected chi connectivity index (χ0v) is 9.10. The Morgan fingerprint density at radius 2 is 2.36 bits per heavy atom. The van der Waals surface area contributed by atoms with Crippen molar-refractivity contribution in [2.24, 2.45) is 5.73 Å². The molecule has 0 spiro atoms. The lowest BCUT2D eigenvalue weighted by Gasteiger charge is -1.90. The van der Waals surface area contributed by atoms with E-state index in [1.165, 1.54) is 4.88 Å². The molecule has 0 unspecified atom stereocenters. The summed E-state index contributed by atoms with van der Waals surface area (Å²) >= 11 is 10.8. The molecule has 0 saturated carbocycles. The van der Waals surface area contributed by atoms with Crippen LogP contribution in [0.15, 0.2) is 10.5 Å². The van der Waals surface area contributed by atoms with Gasteiger partial charge in [0.1, 0.15) is 4.34 Å². The monoisotopic (exact) mass is 253 g/mol. The maximum atomic E-state index is 5.85. The van der Waals surface area contributed by atoms with Gasteiger partial charge < -0.3 is 5.73 Å². The van der Waals surface area contributed by atoms with Gasteiger partial charge in [-0.15, -0.1) is 11.3 Å². The Morgan fingerprint density at radius 3 is 2.82 bits per heavy atom. The number of rotatable bonds is 3. The van der Waals surface area contributed by atoms with Crippen LogP contribution in [0.5, 0.6) is 0 Å². The van der Waals surface area contributed by atoms with Crippen molar-refractivity contribution in [1.29, 1.82) is 0 Å². The van der Waals surface area contributed by atoms with Crippen LogP contribution in [0.3, 0.4) is 0 Å². The normalized spacial score (nSPS) is 10.5. The van der Waals surface area contributed by atoms with Crippen LogP contribution in [0.25, 0.3) is 0 Å². The second-order valence-corrected chi connectivity index (χ2v) is 4.82. The molecule has 4 heteroatoms. The lowest BCUT2D eigenvalue weighted by molar-refractivity contribution is 0.843. The van der Waals surface area contributed by atoms with Crippen LogP contribution in [0.1, 0.15) is 11.3 Å². The second-order valence-electron chi connectivity index (χ2n) is 2.23. The van der Waals surface area contributed by atoms with Crippen molar-refractivity contribution in [2.45, 2.75) is 12.8 Å². The maximum absolute atomic E-state index is 5.85. The van der Waals surface area contributed by atoms with Gasteiger partial charge in [0.2, 0.25) is 0 Å². The molecule has 1 rings (SSSR count). The summed E-state index contributed by atoms with van der Waals surface area (Å²) in [7, 11) is 0. The fraction of sp³-hybridized carbons (Fsp3) is 0.429. The minimum Gasteiger partial charge on any atom is -0.330 e. The molecule has 0 amide bonds. The summed E-state index contributed by atoms with van der Waals surface area (Å²) in [4.78, 5) is 1.30. The fourth-order valence-corrected chi connectivity index (χ4v) is 2.62. The number of thiophene rings is 1. The molecule has 1 heterocycles. The van der Waals surface area contributed by atoms with Crippen LogP contribution in [-0.4, -0.2) is 6.54 Å². The van der Waals surface area contributed by atoms with Crippen molar-refractivity contribution in [3.05, 3.63) is 19.8 Å². The first kappa shape index (κ1) is 9.52. The highest BCUT2D eigenvalue weighted by Gasteiger charge is 2.02. The summed E-state index contributed by atoms with van der Waals surface area (Å²) in [5.41, 5.74) is 5.38. The third-order valence-corrected chi connectivity index (χ3v) is 3.86. The van der Waals surface area contributed by atoms with Gasteiger partial charge in [0.25, 0.3) is 0 Å². The van der Waals surface area contributed by atoms with Crippen LogP contribution in [0.2, 0.25) is 4.34 Å². The van der Waals surface area contributed by atoms with E-state index in [1.807, 2.05) is 0 Å². The minimum absolute atomic E-state index is 0.743. The molecule has 0 radical (unpaired) electrons. The quantitative estimate of drug-likeness (QED) is 0.881. The van der Waals surface area contributed by atoms with Crippen LogP contribution in [0.4, 0.5) is 0 Å². The summed E-state index contributed by atoms with van der Waals surface area (Å²) in [6.45, 7) is 0.743. The van der Waals surface area contributed by atoms with Gasteiger partial charge in [0.05, 0.1) is 0 Å². The van der Waals surface area contributed by atoms with E-state index in [2.05, 4.69) is 22.0 Å². The molecule has 1 nitrogen and oxygen atoms in total. The molecule has 0 aliphatic carbocycles. The van der Waals surface area contributed by atoms with Gasteiger partial charge in [-0.25, -0.2) is 0 Å². The Kier molecular flexibility index (Phi) is 3.85. The van der Waals surface area contributed by atoms with E-state index in [9.17, 15) is 0 Å². The van der Waals surface area contributed by atoms with E-state index < -0.39 is 0 Å². The van der Waals surface area contributed by atoms with Crippen LogP contribution in [-0.2, 0) is 6.42 Å². The summed E-state index contributed by atoms with van der Waals surface area (Å²) in [6.07, 6.45) is 2.07. The van der Waals surface area contributed by atoms with E-state index in [4.69, 9.17) is 17.3 Å². The van der Waals surface area contributed by atoms with Crippen LogP contribution >= 0.6 is 38.9 Å². The molecule has 0 aromatic carbocycles. The Morgan fingerprint density at radius 1 is 1.64 bits per heavy atom. The first-order valence-corrected chi connectivity index (χ1v) is 5.36. The molecule has 11 heavy (non-hydrogen) atoms. The van der Waals surface area contributed by atoms with Crippen molar-refractivity contribution in [2.75, 3.05) is 6.54 Å². The van der Waals surface area contributed by atoms with Gasteiger partial charge in [-0.1, -0.05) is 11.6 Å². The van der Waals surface area contributed by atoms with Crippen molar-refractivity contribution in [3.8, 4) is 0 Å². The number of hydrogen-bond donors (Lipinski definition) is 1. The van der Waals surface area contributed by atoms with Gasteiger partial charge in [-0.2, -0.15) is 0 Å². The minimum atomic E-state index is 0.743. The van der Waals surface area contributed by atoms with E-state index >= 15 is 0 Å². The predicted octanol–water partition coefficient (Wildman–Crippen LogP) is 3.06.